The fourth-order valence-electron chi connectivity index (χ4n) is 1.96. The van der Waals surface area contributed by atoms with Crippen LogP contribution < -0.4 is 5.32 Å². The average molecular weight is 305 g/mol. The Bertz CT molecular complexity index is 676. The van der Waals surface area contributed by atoms with Crippen LogP contribution in [0.15, 0.2) is 40.8 Å². The third-order valence-electron chi connectivity index (χ3n) is 3.18. The summed E-state index contributed by atoms with van der Waals surface area (Å²) in [7, 11) is 0. The highest BCUT2D eigenvalue weighted by molar-refractivity contribution is 5.94. The van der Waals surface area contributed by atoms with E-state index in [1.54, 1.807) is 19.9 Å². The Labute approximate surface area is 126 Å². The van der Waals surface area contributed by atoms with E-state index in [4.69, 9.17) is 9.52 Å². The molecular formula is C16H16FNO4. The maximum absolute atomic E-state index is 12.9. The van der Waals surface area contributed by atoms with Crippen LogP contribution in [0.3, 0.4) is 0 Å². The third kappa shape index (κ3) is 3.52. The minimum Gasteiger partial charge on any atom is -0.480 e. The Morgan fingerprint density at radius 1 is 1.14 bits per heavy atom. The van der Waals surface area contributed by atoms with Crippen molar-refractivity contribution in [1.82, 2.24) is 5.32 Å². The van der Waals surface area contributed by atoms with E-state index in [9.17, 15) is 14.0 Å². The van der Waals surface area contributed by atoms with Crippen molar-refractivity contribution in [3.8, 4) is 11.3 Å². The lowest BCUT2D eigenvalue weighted by Crippen LogP contribution is -2.44. The smallest absolute Gasteiger partial charge is 0.326 e. The van der Waals surface area contributed by atoms with E-state index in [1.165, 1.54) is 30.3 Å². The van der Waals surface area contributed by atoms with Crippen LogP contribution in [-0.4, -0.2) is 23.0 Å². The molecule has 2 N–H and O–H groups in total. The van der Waals surface area contributed by atoms with Crippen molar-refractivity contribution < 1.29 is 23.5 Å². The molecule has 1 aromatic carbocycles. The van der Waals surface area contributed by atoms with Crippen LogP contribution in [-0.2, 0) is 4.79 Å². The molecule has 0 saturated heterocycles. The highest BCUT2D eigenvalue weighted by atomic mass is 19.1. The van der Waals surface area contributed by atoms with Crippen molar-refractivity contribution in [2.75, 3.05) is 0 Å². The molecule has 22 heavy (non-hydrogen) atoms. The number of furan rings is 1. The number of benzene rings is 1. The number of carbonyl (C=O) groups excluding carboxylic acids is 1. The number of rotatable bonds is 5. The summed E-state index contributed by atoms with van der Waals surface area (Å²) in [5.41, 5.74) is 0.624. The number of carbonyl (C=O) groups is 2. The van der Waals surface area contributed by atoms with E-state index < -0.39 is 17.9 Å². The summed E-state index contributed by atoms with van der Waals surface area (Å²) < 4.78 is 18.3. The molecule has 0 aliphatic rings. The van der Waals surface area contributed by atoms with Crippen LogP contribution >= 0.6 is 0 Å². The lowest BCUT2D eigenvalue weighted by atomic mass is 10.0. The SMILES string of the molecule is CC(C)C(NC(=O)c1ccc(-c2ccc(F)cc2)o1)C(=O)O. The summed E-state index contributed by atoms with van der Waals surface area (Å²) in [6.07, 6.45) is 0. The standard InChI is InChI=1S/C16H16FNO4/c1-9(2)14(16(20)21)18-15(19)13-8-7-12(22-13)10-3-5-11(17)6-4-10/h3-9,14H,1-2H3,(H,18,19)(H,20,21). The molecule has 1 atom stereocenters. The summed E-state index contributed by atoms with van der Waals surface area (Å²) in [6, 6.07) is 7.68. The van der Waals surface area contributed by atoms with Crippen LogP contribution in [0.2, 0.25) is 0 Å². The fraction of sp³-hybridized carbons (Fsp3) is 0.250. The van der Waals surface area contributed by atoms with Gasteiger partial charge in [-0.25, -0.2) is 9.18 Å². The van der Waals surface area contributed by atoms with Crippen LogP contribution in [0.25, 0.3) is 11.3 Å². The van der Waals surface area contributed by atoms with Crippen molar-refractivity contribution in [3.05, 3.63) is 48.0 Å². The summed E-state index contributed by atoms with van der Waals surface area (Å²) in [5.74, 6) is -1.92. The molecule has 5 nitrogen and oxygen atoms in total. The van der Waals surface area contributed by atoms with E-state index in [0.717, 1.165) is 0 Å². The summed E-state index contributed by atoms with van der Waals surface area (Å²) in [5, 5.41) is 11.5. The molecule has 116 valence electrons. The predicted molar refractivity (Wildman–Crippen MR) is 77.8 cm³/mol. The number of nitrogens with one attached hydrogen (secondary N) is 1. The molecule has 0 aliphatic heterocycles. The summed E-state index contributed by atoms with van der Waals surface area (Å²) in [4.78, 5) is 23.1. The van der Waals surface area contributed by atoms with E-state index in [2.05, 4.69) is 5.32 Å². The van der Waals surface area contributed by atoms with Gasteiger partial charge in [-0.15, -0.1) is 0 Å². The number of carboxylic acids is 1. The molecule has 1 unspecified atom stereocenters. The van der Waals surface area contributed by atoms with Crippen LogP contribution in [0, 0.1) is 11.7 Å². The monoisotopic (exact) mass is 305 g/mol. The van der Waals surface area contributed by atoms with Crippen molar-refractivity contribution in [2.45, 2.75) is 19.9 Å². The van der Waals surface area contributed by atoms with Gasteiger partial charge >= 0.3 is 5.97 Å². The molecule has 0 saturated carbocycles. The zero-order valence-electron chi connectivity index (χ0n) is 12.2. The molecule has 2 rings (SSSR count). The number of amides is 1. The Kier molecular flexibility index (Phi) is 4.60. The summed E-state index contributed by atoms with van der Waals surface area (Å²) in [6.45, 7) is 3.40. The van der Waals surface area contributed by atoms with Gasteiger partial charge in [-0.2, -0.15) is 0 Å². The fourth-order valence-corrected chi connectivity index (χ4v) is 1.96. The quantitative estimate of drug-likeness (QED) is 0.890. The van der Waals surface area contributed by atoms with Gasteiger partial charge in [-0.1, -0.05) is 13.8 Å². The van der Waals surface area contributed by atoms with Gasteiger partial charge in [-0.05, 0) is 42.3 Å². The number of aliphatic carboxylic acids is 1. The van der Waals surface area contributed by atoms with E-state index in [-0.39, 0.29) is 17.5 Å². The zero-order valence-corrected chi connectivity index (χ0v) is 12.2. The summed E-state index contributed by atoms with van der Waals surface area (Å²) >= 11 is 0. The lowest BCUT2D eigenvalue weighted by molar-refractivity contribution is -0.140. The average Bonchev–Trinajstić information content (AvgIpc) is 2.94. The van der Waals surface area contributed by atoms with Gasteiger partial charge in [0.1, 0.15) is 17.6 Å². The van der Waals surface area contributed by atoms with Crippen molar-refractivity contribution in [2.24, 2.45) is 5.92 Å². The molecule has 0 bridgehead atoms. The second-order valence-electron chi connectivity index (χ2n) is 5.20. The lowest BCUT2D eigenvalue weighted by Gasteiger charge is -2.16. The molecule has 6 heteroatoms. The van der Waals surface area contributed by atoms with Crippen molar-refractivity contribution in [3.63, 3.8) is 0 Å². The zero-order chi connectivity index (χ0) is 16.3. The maximum atomic E-state index is 12.9. The molecule has 0 radical (unpaired) electrons. The topological polar surface area (TPSA) is 79.5 Å². The molecule has 1 aromatic heterocycles. The Morgan fingerprint density at radius 3 is 2.32 bits per heavy atom. The van der Waals surface area contributed by atoms with Crippen molar-refractivity contribution >= 4 is 11.9 Å². The Balaban J connectivity index is 2.15. The first-order valence-corrected chi connectivity index (χ1v) is 6.78. The first-order valence-electron chi connectivity index (χ1n) is 6.78. The van der Waals surface area contributed by atoms with E-state index in [0.29, 0.717) is 11.3 Å². The molecule has 0 fully saturated rings. The van der Waals surface area contributed by atoms with Gasteiger partial charge in [0.15, 0.2) is 5.76 Å². The van der Waals surface area contributed by atoms with Gasteiger partial charge in [-0.3, -0.25) is 4.79 Å². The predicted octanol–water partition coefficient (Wildman–Crippen LogP) is 2.92. The molecule has 1 amide bonds. The minimum absolute atomic E-state index is 0.00576. The Hall–Kier alpha value is -2.63. The van der Waals surface area contributed by atoms with E-state index >= 15 is 0 Å². The van der Waals surface area contributed by atoms with Gasteiger partial charge in [0.05, 0.1) is 0 Å². The third-order valence-corrected chi connectivity index (χ3v) is 3.18. The van der Waals surface area contributed by atoms with Crippen molar-refractivity contribution in [1.29, 1.82) is 0 Å². The number of hydrogen-bond acceptors (Lipinski definition) is 3. The van der Waals surface area contributed by atoms with Crippen LogP contribution in [0.4, 0.5) is 4.39 Å². The number of hydrogen-bond donors (Lipinski definition) is 2. The van der Waals surface area contributed by atoms with Gasteiger partial charge in [0.25, 0.3) is 5.91 Å². The van der Waals surface area contributed by atoms with Gasteiger partial charge in [0, 0.05) is 5.56 Å². The molecule has 2 aromatic rings. The van der Waals surface area contributed by atoms with Crippen LogP contribution in [0.5, 0.6) is 0 Å². The number of carboxylic acid groups (broad SMARTS) is 1. The van der Waals surface area contributed by atoms with Gasteiger partial charge in [0.2, 0.25) is 0 Å². The minimum atomic E-state index is -1.10. The largest absolute Gasteiger partial charge is 0.480 e. The highest BCUT2D eigenvalue weighted by Crippen LogP contribution is 2.22. The van der Waals surface area contributed by atoms with Crippen LogP contribution in [0.1, 0.15) is 24.4 Å². The normalized spacial score (nSPS) is 12.2. The van der Waals surface area contributed by atoms with Gasteiger partial charge < -0.3 is 14.8 Å². The maximum Gasteiger partial charge on any atom is 0.326 e. The first kappa shape index (κ1) is 15.8. The second kappa shape index (κ2) is 6.43. The molecule has 0 spiro atoms. The number of halogens is 1. The molecule has 0 aliphatic carbocycles. The molecule has 1 heterocycles. The highest BCUT2D eigenvalue weighted by Gasteiger charge is 2.25. The first-order chi connectivity index (χ1) is 10.4. The molecular weight excluding hydrogens is 289 g/mol. The Morgan fingerprint density at radius 2 is 1.77 bits per heavy atom. The second-order valence-corrected chi connectivity index (χ2v) is 5.20. The van der Waals surface area contributed by atoms with E-state index in [1.807, 2.05) is 0 Å².